The number of hydrogen-bond acceptors (Lipinski definition) is 1. The predicted molar refractivity (Wildman–Crippen MR) is 83.7 cm³/mol. The average Bonchev–Trinajstić information content (AvgIpc) is 2.83. The molecule has 20 heavy (non-hydrogen) atoms. The summed E-state index contributed by atoms with van der Waals surface area (Å²) in [5, 5.41) is 0. The SMILES string of the molecule is CC(C)(C)c1cc2n(c1)CCN(Cc1ccccc1)C2. The van der Waals surface area contributed by atoms with Crippen molar-refractivity contribution in [2.75, 3.05) is 6.54 Å². The third-order valence-electron chi connectivity index (χ3n) is 4.14. The lowest BCUT2D eigenvalue weighted by Gasteiger charge is -2.28. The highest BCUT2D eigenvalue weighted by Crippen LogP contribution is 2.27. The van der Waals surface area contributed by atoms with Crippen LogP contribution in [0.3, 0.4) is 0 Å². The van der Waals surface area contributed by atoms with Gasteiger partial charge in [0, 0.05) is 38.1 Å². The van der Waals surface area contributed by atoms with E-state index in [0.717, 1.165) is 26.2 Å². The van der Waals surface area contributed by atoms with Gasteiger partial charge < -0.3 is 4.57 Å². The van der Waals surface area contributed by atoms with Gasteiger partial charge in [-0.2, -0.15) is 0 Å². The van der Waals surface area contributed by atoms with Crippen molar-refractivity contribution in [2.24, 2.45) is 0 Å². The summed E-state index contributed by atoms with van der Waals surface area (Å²) in [5.41, 5.74) is 4.56. The maximum absolute atomic E-state index is 2.54. The molecule has 0 radical (unpaired) electrons. The van der Waals surface area contributed by atoms with Crippen molar-refractivity contribution >= 4 is 0 Å². The molecular weight excluding hydrogens is 244 g/mol. The molecule has 1 aliphatic heterocycles. The van der Waals surface area contributed by atoms with Crippen molar-refractivity contribution in [3.8, 4) is 0 Å². The third kappa shape index (κ3) is 2.80. The van der Waals surface area contributed by atoms with Crippen LogP contribution in [0.1, 0.15) is 37.6 Å². The molecule has 0 saturated carbocycles. The summed E-state index contributed by atoms with van der Waals surface area (Å²) in [6.45, 7) is 11.2. The topological polar surface area (TPSA) is 8.17 Å². The second kappa shape index (κ2) is 5.10. The molecule has 0 atom stereocenters. The van der Waals surface area contributed by atoms with Crippen LogP contribution in [-0.4, -0.2) is 16.0 Å². The number of fused-ring (bicyclic) bond motifs is 1. The normalized spacial score (nSPS) is 16.1. The average molecular weight is 268 g/mol. The van der Waals surface area contributed by atoms with Gasteiger partial charge in [0.2, 0.25) is 0 Å². The first kappa shape index (κ1) is 13.4. The van der Waals surface area contributed by atoms with Gasteiger partial charge in [-0.25, -0.2) is 0 Å². The zero-order valence-electron chi connectivity index (χ0n) is 12.8. The quantitative estimate of drug-likeness (QED) is 0.804. The molecule has 2 heteroatoms. The van der Waals surface area contributed by atoms with Crippen LogP contribution in [-0.2, 0) is 25.0 Å². The number of aromatic nitrogens is 1. The molecule has 2 nitrogen and oxygen atoms in total. The Labute approximate surface area is 122 Å². The van der Waals surface area contributed by atoms with E-state index in [9.17, 15) is 0 Å². The van der Waals surface area contributed by atoms with Crippen molar-refractivity contribution in [2.45, 2.75) is 45.8 Å². The molecule has 1 aromatic carbocycles. The van der Waals surface area contributed by atoms with Gasteiger partial charge >= 0.3 is 0 Å². The largest absolute Gasteiger partial charge is 0.349 e. The number of hydrogen-bond donors (Lipinski definition) is 0. The number of benzene rings is 1. The standard InChI is InChI=1S/C18H24N2/c1-18(2,3)16-11-17-14-19(9-10-20(17)13-16)12-15-7-5-4-6-8-15/h4-8,11,13H,9-10,12,14H2,1-3H3. The first-order valence-electron chi connectivity index (χ1n) is 7.48. The Morgan fingerprint density at radius 2 is 1.80 bits per heavy atom. The Balaban J connectivity index is 1.74. The van der Waals surface area contributed by atoms with Crippen molar-refractivity contribution < 1.29 is 0 Å². The van der Waals surface area contributed by atoms with Crippen LogP contribution in [0.2, 0.25) is 0 Å². The van der Waals surface area contributed by atoms with Crippen LogP contribution in [0.4, 0.5) is 0 Å². The Kier molecular flexibility index (Phi) is 3.43. The Hall–Kier alpha value is -1.54. The molecule has 1 aromatic heterocycles. The van der Waals surface area contributed by atoms with Crippen molar-refractivity contribution in [3.63, 3.8) is 0 Å². The molecular formula is C18H24N2. The fourth-order valence-corrected chi connectivity index (χ4v) is 2.84. The molecule has 0 saturated heterocycles. The van der Waals surface area contributed by atoms with Crippen LogP contribution in [0, 0.1) is 0 Å². The van der Waals surface area contributed by atoms with E-state index in [0.29, 0.717) is 0 Å². The maximum Gasteiger partial charge on any atom is 0.0391 e. The second-order valence-corrected chi connectivity index (χ2v) is 6.86. The summed E-state index contributed by atoms with van der Waals surface area (Å²) in [6, 6.07) is 13.2. The first-order chi connectivity index (χ1) is 9.52. The van der Waals surface area contributed by atoms with Gasteiger partial charge in [-0.05, 0) is 22.6 Å². The molecule has 2 heterocycles. The van der Waals surface area contributed by atoms with Gasteiger partial charge in [0.1, 0.15) is 0 Å². The summed E-state index contributed by atoms with van der Waals surface area (Å²) < 4.78 is 2.43. The monoisotopic (exact) mass is 268 g/mol. The lowest BCUT2D eigenvalue weighted by Crippen LogP contribution is -2.32. The summed E-state index contributed by atoms with van der Waals surface area (Å²) in [7, 11) is 0. The van der Waals surface area contributed by atoms with Crippen molar-refractivity contribution in [1.29, 1.82) is 0 Å². The van der Waals surface area contributed by atoms with Gasteiger partial charge in [-0.3, -0.25) is 4.90 Å². The highest BCUT2D eigenvalue weighted by Gasteiger charge is 2.21. The van der Waals surface area contributed by atoms with Crippen LogP contribution in [0.15, 0.2) is 42.6 Å². The van der Waals surface area contributed by atoms with E-state index >= 15 is 0 Å². The zero-order chi connectivity index (χ0) is 14.2. The fourth-order valence-electron chi connectivity index (χ4n) is 2.84. The van der Waals surface area contributed by atoms with Crippen LogP contribution in [0.25, 0.3) is 0 Å². The first-order valence-corrected chi connectivity index (χ1v) is 7.48. The summed E-state index contributed by atoms with van der Waals surface area (Å²) >= 11 is 0. The minimum absolute atomic E-state index is 0.245. The second-order valence-electron chi connectivity index (χ2n) is 6.86. The van der Waals surface area contributed by atoms with Crippen LogP contribution >= 0.6 is 0 Å². The summed E-state index contributed by atoms with van der Waals surface area (Å²) in [5.74, 6) is 0. The fraction of sp³-hybridized carbons (Fsp3) is 0.444. The summed E-state index contributed by atoms with van der Waals surface area (Å²) in [6.07, 6.45) is 2.34. The molecule has 0 bridgehead atoms. The van der Waals surface area contributed by atoms with E-state index in [1.54, 1.807) is 0 Å². The molecule has 1 aliphatic rings. The van der Waals surface area contributed by atoms with Gasteiger partial charge in [0.05, 0.1) is 0 Å². The molecule has 2 aromatic rings. The highest BCUT2D eigenvalue weighted by molar-refractivity contribution is 5.26. The Bertz CT molecular complexity index is 575. The third-order valence-corrected chi connectivity index (χ3v) is 4.14. The van der Waals surface area contributed by atoms with E-state index in [1.807, 2.05) is 0 Å². The van der Waals surface area contributed by atoms with Crippen LogP contribution < -0.4 is 0 Å². The van der Waals surface area contributed by atoms with Gasteiger partial charge in [-0.15, -0.1) is 0 Å². The lowest BCUT2D eigenvalue weighted by atomic mass is 9.89. The highest BCUT2D eigenvalue weighted by atomic mass is 15.2. The lowest BCUT2D eigenvalue weighted by molar-refractivity contribution is 0.213. The molecule has 0 unspecified atom stereocenters. The predicted octanol–water partition coefficient (Wildman–Crippen LogP) is 3.80. The molecule has 0 spiro atoms. The van der Waals surface area contributed by atoms with E-state index in [2.05, 4.69) is 72.8 Å². The maximum atomic E-state index is 2.54. The molecule has 0 amide bonds. The van der Waals surface area contributed by atoms with Gasteiger partial charge in [0.25, 0.3) is 0 Å². The van der Waals surface area contributed by atoms with E-state index in [1.165, 1.54) is 16.8 Å². The van der Waals surface area contributed by atoms with Gasteiger partial charge in [-0.1, -0.05) is 51.1 Å². The molecule has 0 fully saturated rings. The molecule has 0 N–H and O–H groups in total. The van der Waals surface area contributed by atoms with E-state index in [4.69, 9.17) is 0 Å². The molecule has 106 valence electrons. The molecule has 3 rings (SSSR count). The Morgan fingerprint density at radius 1 is 1.05 bits per heavy atom. The van der Waals surface area contributed by atoms with E-state index < -0.39 is 0 Å². The minimum Gasteiger partial charge on any atom is -0.349 e. The van der Waals surface area contributed by atoms with Crippen molar-refractivity contribution in [3.05, 3.63) is 59.4 Å². The van der Waals surface area contributed by atoms with E-state index in [-0.39, 0.29) is 5.41 Å². The zero-order valence-corrected chi connectivity index (χ0v) is 12.8. The number of nitrogens with zero attached hydrogens (tertiary/aromatic N) is 2. The smallest absolute Gasteiger partial charge is 0.0391 e. The summed E-state index contributed by atoms with van der Waals surface area (Å²) in [4.78, 5) is 2.54. The Morgan fingerprint density at radius 3 is 2.50 bits per heavy atom. The minimum atomic E-state index is 0.245. The molecule has 0 aliphatic carbocycles. The van der Waals surface area contributed by atoms with Crippen LogP contribution in [0.5, 0.6) is 0 Å². The number of rotatable bonds is 2. The van der Waals surface area contributed by atoms with Crippen molar-refractivity contribution in [1.82, 2.24) is 9.47 Å². The van der Waals surface area contributed by atoms with Gasteiger partial charge in [0.15, 0.2) is 0 Å².